The van der Waals surface area contributed by atoms with Crippen molar-refractivity contribution >= 4 is 5.97 Å². The quantitative estimate of drug-likeness (QED) is 0.771. The van der Waals surface area contributed by atoms with Crippen molar-refractivity contribution in [3.63, 3.8) is 0 Å². The van der Waals surface area contributed by atoms with Crippen LogP contribution < -0.4 is 5.32 Å². The van der Waals surface area contributed by atoms with E-state index in [1.54, 1.807) is 24.5 Å². The lowest BCUT2D eigenvalue weighted by atomic mass is 10.2. The molecule has 0 aliphatic heterocycles. The van der Waals surface area contributed by atoms with Crippen LogP contribution >= 0.6 is 0 Å². The molecule has 1 N–H and O–H groups in total. The van der Waals surface area contributed by atoms with E-state index >= 15 is 0 Å². The van der Waals surface area contributed by atoms with Gasteiger partial charge in [-0.3, -0.25) is 4.79 Å². The Labute approximate surface area is 101 Å². The Kier molecular flexibility index (Phi) is 4.73. The third kappa shape index (κ3) is 3.61. The standard InChI is InChI=1S/C12H17N3O2/c1-4-17-12(16)9(2)14-7-10-5-11(6-13)15(3)8-10/h5,8-9,14H,4,7H2,1-3H3. The maximum Gasteiger partial charge on any atom is 0.322 e. The Hall–Kier alpha value is -1.80. The molecule has 5 nitrogen and oxygen atoms in total. The van der Waals surface area contributed by atoms with Crippen LogP contribution in [0.2, 0.25) is 0 Å². The van der Waals surface area contributed by atoms with Gasteiger partial charge >= 0.3 is 5.97 Å². The summed E-state index contributed by atoms with van der Waals surface area (Å²) in [5.41, 5.74) is 1.57. The molecule has 0 amide bonds. The molecule has 1 heterocycles. The maximum absolute atomic E-state index is 11.4. The summed E-state index contributed by atoms with van der Waals surface area (Å²) in [7, 11) is 1.82. The first-order valence-corrected chi connectivity index (χ1v) is 5.53. The van der Waals surface area contributed by atoms with Gasteiger partial charge in [0.1, 0.15) is 17.8 Å². The molecule has 0 saturated carbocycles. The predicted octanol–water partition coefficient (Wildman–Crippen LogP) is 0.938. The Balaban J connectivity index is 2.50. The van der Waals surface area contributed by atoms with Crippen molar-refractivity contribution in [1.29, 1.82) is 5.26 Å². The summed E-state index contributed by atoms with van der Waals surface area (Å²) in [6.45, 7) is 4.46. The molecule has 17 heavy (non-hydrogen) atoms. The van der Waals surface area contributed by atoms with Gasteiger partial charge in [0.15, 0.2) is 0 Å². The highest BCUT2D eigenvalue weighted by molar-refractivity contribution is 5.75. The van der Waals surface area contributed by atoms with E-state index < -0.39 is 0 Å². The number of hydrogen-bond donors (Lipinski definition) is 1. The number of carbonyl (C=O) groups excluding carboxylic acids is 1. The van der Waals surface area contributed by atoms with Gasteiger partial charge in [-0.15, -0.1) is 0 Å². The summed E-state index contributed by atoms with van der Waals surface area (Å²) < 4.78 is 6.64. The molecule has 1 atom stereocenters. The average molecular weight is 235 g/mol. The van der Waals surface area contributed by atoms with Crippen LogP contribution in [-0.2, 0) is 23.1 Å². The van der Waals surface area contributed by atoms with Gasteiger partial charge in [-0.05, 0) is 25.5 Å². The molecule has 0 radical (unpaired) electrons. The van der Waals surface area contributed by atoms with E-state index in [2.05, 4.69) is 11.4 Å². The fourth-order valence-electron chi connectivity index (χ4n) is 1.46. The van der Waals surface area contributed by atoms with E-state index in [-0.39, 0.29) is 12.0 Å². The Morgan fingerprint density at radius 3 is 2.94 bits per heavy atom. The molecule has 0 aromatic carbocycles. The average Bonchev–Trinajstić information content (AvgIpc) is 2.67. The lowest BCUT2D eigenvalue weighted by Gasteiger charge is -2.11. The number of esters is 1. The predicted molar refractivity (Wildman–Crippen MR) is 63.1 cm³/mol. The van der Waals surface area contributed by atoms with Crippen LogP contribution in [-0.4, -0.2) is 23.2 Å². The molecule has 0 fully saturated rings. The zero-order valence-corrected chi connectivity index (χ0v) is 10.4. The lowest BCUT2D eigenvalue weighted by Crippen LogP contribution is -2.34. The van der Waals surface area contributed by atoms with Gasteiger partial charge in [0.05, 0.1) is 6.61 Å². The number of nitriles is 1. The second-order valence-corrected chi connectivity index (χ2v) is 3.81. The monoisotopic (exact) mass is 235 g/mol. The Morgan fingerprint density at radius 1 is 1.71 bits per heavy atom. The van der Waals surface area contributed by atoms with Gasteiger partial charge in [-0.25, -0.2) is 0 Å². The third-order valence-electron chi connectivity index (χ3n) is 2.43. The van der Waals surface area contributed by atoms with Gasteiger partial charge in [0.2, 0.25) is 0 Å². The highest BCUT2D eigenvalue weighted by atomic mass is 16.5. The number of aryl methyl sites for hydroxylation is 1. The van der Waals surface area contributed by atoms with E-state index in [9.17, 15) is 4.79 Å². The maximum atomic E-state index is 11.4. The van der Waals surface area contributed by atoms with Crippen molar-refractivity contribution < 1.29 is 9.53 Å². The highest BCUT2D eigenvalue weighted by Gasteiger charge is 2.13. The molecule has 1 unspecified atom stereocenters. The smallest absolute Gasteiger partial charge is 0.322 e. The number of nitrogens with one attached hydrogen (secondary N) is 1. The van der Waals surface area contributed by atoms with E-state index in [1.165, 1.54) is 0 Å². The van der Waals surface area contributed by atoms with Crippen molar-refractivity contribution in [2.75, 3.05) is 6.61 Å². The second-order valence-electron chi connectivity index (χ2n) is 3.81. The van der Waals surface area contributed by atoms with Crippen LogP contribution in [0.15, 0.2) is 12.3 Å². The second kappa shape index (κ2) is 6.06. The Morgan fingerprint density at radius 2 is 2.41 bits per heavy atom. The van der Waals surface area contributed by atoms with Crippen LogP contribution in [0.5, 0.6) is 0 Å². The molecule has 0 spiro atoms. The van der Waals surface area contributed by atoms with Crippen LogP contribution in [0.3, 0.4) is 0 Å². The molecule has 0 saturated heterocycles. The van der Waals surface area contributed by atoms with Crippen molar-refractivity contribution in [3.05, 3.63) is 23.5 Å². The molecule has 0 bridgehead atoms. The summed E-state index contributed by atoms with van der Waals surface area (Å²) in [5, 5.41) is 11.9. The first-order chi connectivity index (χ1) is 8.08. The van der Waals surface area contributed by atoms with Crippen LogP contribution in [0.25, 0.3) is 0 Å². The summed E-state index contributed by atoms with van der Waals surface area (Å²) in [4.78, 5) is 11.4. The fourth-order valence-corrected chi connectivity index (χ4v) is 1.46. The molecule has 0 aliphatic rings. The summed E-state index contributed by atoms with van der Waals surface area (Å²) in [6.07, 6.45) is 1.86. The Bertz CT molecular complexity index is 431. The molecular formula is C12H17N3O2. The molecule has 1 aromatic heterocycles. The molecule has 1 aromatic rings. The van der Waals surface area contributed by atoms with E-state index in [1.807, 2.05) is 13.2 Å². The topological polar surface area (TPSA) is 67.0 Å². The first-order valence-electron chi connectivity index (χ1n) is 5.53. The van der Waals surface area contributed by atoms with Gasteiger partial charge in [-0.2, -0.15) is 5.26 Å². The number of ether oxygens (including phenoxy) is 1. The number of carbonyl (C=O) groups is 1. The minimum atomic E-state index is -0.347. The van der Waals surface area contributed by atoms with Crippen molar-refractivity contribution in [1.82, 2.24) is 9.88 Å². The van der Waals surface area contributed by atoms with Gasteiger partial charge in [0, 0.05) is 19.8 Å². The minimum Gasteiger partial charge on any atom is -0.465 e. The van der Waals surface area contributed by atoms with Crippen LogP contribution in [0.4, 0.5) is 0 Å². The van der Waals surface area contributed by atoms with E-state index in [0.717, 1.165) is 5.56 Å². The van der Waals surface area contributed by atoms with Gasteiger partial charge < -0.3 is 14.6 Å². The number of nitrogens with zero attached hydrogens (tertiary/aromatic N) is 2. The largest absolute Gasteiger partial charge is 0.465 e. The van der Waals surface area contributed by atoms with E-state index in [4.69, 9.17) is 10.00 Å². The van der Waals surface area contributed by atoms with Crippen LogP contribution in [0, 0.1) is 11.3 Å². The summed E-state index contributed by atoms with van der Waals surface area (Å²) in [6, 6.07) is 3.54. The van der Waals surface area contributed by atoms with Crippen molar-refractivity contribution in [2.24, 2.45) is 7.05 Å². The van der Waals surface area contributed by atoms with Crippen LogP contribution in [0.1, 0.15) is 25.1 Å². The SMILES string of the molecule is CCOC(=O)C(C)NCc1cc(C#N)n(C)c1. The van der Waals surface area contributed by atoms with Crippen molar-refractivity contribution in [3.8, 4) is 6.07 Å². The number of aromatic nitrogens is 1. The summed E-state index contributed by atoms with van der Waals surface area (Å²) in [5.74, 6) is -0.260. The summed E-state index contributed by atoms with van der Waals surface area (Å²) >= 11 is 0. The molecule has 0 aliphatic carbocycles. The molecule has 92 valence electrons. The lowest BCUT2D eigenvalue weighted by molar-refractivity contribution is -0.145. The first kappa shape index (κ1) is 13.3. The number of rotatable bonds is 5. The van der Waals surface area contributed by atoms with Crippen molar-refractivity contribution in [2.45, 2.75) is 26.4 Å². The number of hydrogen-bond acceptors (Lipinski definition) is 4. The van der Waals surface area contributed by atoms with Gasteiger partial charge in [-0.1, -0.05) is 0 Å². The third-order valence-corrected chi connectivity index (χ3v) is 2.43. The molecule has 5 heteroatoms. The minimum absolute atomic E-state index is 0.260. The molecular weight excluding hydrogens is 218 g/mol. The van der Waals surface area contributed by atoms with Gasteiger partial charge in [0.25, 0.3) is 0 Å². The highest BCUT2D eigenvalue weighted by Crippen LogP contribution is 2.06. The fraction of sp³-hybridized carbons (Fsp3) is 0.500. The zero-order chi connectivity index (χ0) is 12.8. The van der Waals surface area contributed by atoms with E-state index in [0.29, 0.717) is 18.8 Å². The molecule has 1 rings (SSSR count). The zero-order valence-electron chi connectivity index (χ0n) is 10.4. The normalized spacial score (nSPS) is 11.9.